The van der Waals surface area contributed by atoms with Crippen molar-refractivity contribution in [1.82, 2.24) is 10.3 Å². The number of amides is 1. The molecule has 9 nitrogen and oxygen atoms in total. The van der Waals surface area contributed by atoms with Crippen molar-refractivity contribution in [2.45, 2.75) is 31.3 Å². The summed E-state index contributed by atoms with van der Waals surface area (Å²) in [5, 5.41) is 15.6. The van der Waals surface area contributed by atoms with Crippen LogP contribution in [-0.2, 0) is 19.1 Å². The number of carbonyl (C=O) groups is 3. The third-order valence-electron chi connectivity index (χ3n) is 5.08. The molecule has 1 aliphatic heterocycles. The van der Waals surface area contributed by atoms with Gasteiger partial charge in [-0.2, -0.15) is 0 Å². The second-order valence-corrected chi connectivity index (χ2v) is 8.76. The second-order valence-electron chi connectivity index (χ2n) is 7.89. The number of rotatable bonds is 11. The third kappa shape index (κ3) is 7.53. The monoisotopic (exact) mass is 518 g/mol. The molecular formula is C24H24Cl2N4O5. The van der Waals surface area contributed by atoms with Crippen LogP contribution in [-0.4, -0.2) is 52.8 Å². The van der Waals surface area contributed by atoms with E-state index in [1.165, 1.54) is 30.5 Å². The lowest BCUT2D eigenvalue weighted by Crippen LogP contribution is -2.42. The Bertz CT molecular complexity index is 1140. The van der Waals surface area contributed by atoms with E-state index >= 15 is 0 Å². The number of hydrogen-bond donors (Lipinski definition) is 3. The second kappa shape index (κ2) is 11.8. The topological polar surface area (TPSA) is 130 Å². The van der Waals surface area contributed by atoms with Gasteiger partial charge in [0.1, 0.15) is 12.4 Å². The predicted molar refractivity (Wildman–Crippen MR) is 133 cm³/mol. The first-order valence-corrected chi connectivity index (χ1v) is 11.5. The number of allylic oxidation sites excluding steroid dienone is 1. The molecular weight excluding hydrogens is 495 g/mol. The van der Waals surface area contributed by atoms with Crippen LogP contribution in [0.1, 0.15) is 30.1 Å². The number of aliphatic carboxylic acids is 1. The minimum atomic E-state index is -1.54. The van der Waals surface area contributed by atoms with Gasteiger partial charge in [0.15, 0.2) is 5.54 Å². The van der Waals surface area contributed by atoms with Crippen LogP contribution in [0.4, 0.5) is 5.82 Å². The Morgan fingerprint density at radius 2 is 1.91 bits per heavy atom. The van der Waals surface area contributed by atoms with E-state index in [0.717, 1.165) is 5.69 Å². The van der Waals surface area contributed by atoms with Gasteiger partial charge in [-0.3, -0.25) is 14.6 Å². The van der Waals surface area contributed by atoms with E-state index in [1.54, 1.807) is 12.1 Å². The molecule has 0 saturated carbocycles. The number of ether oxygens (including phenoxy) is 1. The summed E-state index contributed by atoms with van der Waals surface area (Å²) in [6, 6.07) is 9.16. The predicted octanol–water partition coefficient (Wildman–Crippen LogP) is 3.75. The van der Waals surface area contributed by atoms with E-state index in [2.05, 4.69) is 20.6 Å². The summed E-state index contributed by atoms with van der Waals surface area (Å²) in [6.07, 6.45) is 3.67. The van der Waals surface area contributed by atoms with Gasteiger partial charge in [0.05, 0.1) is 25.4 Å². The molecule has 0 aliphatic carbocycles. The molecule has 0 spiro atoms. The zero-order valence-electron chi connectivity index (χ0n) is 18.8. The van der Waals surface area contributed by atoms with Crippen molar-refractivity contribution in [2.24, 2.45) is 4.99 Å². The Hall–Kier alpha value is -3.43. The van der Waals surface area contributed by atoms with Crippen LogP contribution in [0, 0.1) is 6.92 Å². The highest BCUT2D eigenvalue weighted by Crippen LogP contribution is 2.28. The lowest BCUT2D eigenvalue weighted by Gasteiger charge is -2.24. The van der Waals surface area contributed by atoms with Crippen molar-refractivity contribution in [3.8, 4) is 0 Å². The number of aromatic nitrogens is 1. The quantitative estimate of drug-likeness (QED) is 0.305. The van der Waals surface area contributed by atoms with Crippen molar-refractivity contribution in [2.75, 3.05) is 18.5 Å². The van der Waals surface area contributed by atoms with Crippen LogP contribution >= 0.6 is 23.2 Å². The first-order chi connectivity index (χ1) is 16.7. The lowest BCUT2D eigenvalue weighted by atomic mass is 9.95. The fourth-order valence-electron chi connectivity index (χ4n) is 3.50. The highest BCUT2D eigenvalue weighted by Gasteiger charge is 2.41. The average Bonchev–Trinajstić information content (AvgIpc) is 3.25. The number of nitrogens with one attached hydrogen (secondary N) is 2. The fraction of sp³-hybridized carbons (Fsp3) is 0.292. The van der Waals surface area contributed by atoms with Crippen LogP contribution in [0.2, 0.25) is 10.0 Å². The number of hydrogen-bond acceptors (Lipinski definition) is 7. The van der Waals surface area contributed by atoms with Gasteiger partial charge in [0, 0.05) is 22.0 Å². The Balaban J connectivity index is 1.62. The summed E-state index contributed by atoms with van der Waals surface area (Å²) in [6.45, 7) is 2.21. The molecule has 1 aromatic heterocycles. The molecule has 35 heavy (non-hydrogen) atoms. The van der Waals surface area contributed by atoms with Crippen molar-refractivity contribution in [3.05, 3.63) is 69.9 Å². The van der Waals surface area contributed by atoms with Gasteiger partial charge < -0.3 is 20.5 Å². The number of carbonyl (C=O) groups excluding carboxylic acids is 2. The highest BCUT2D eigenvalue weighted by atomic mass is 35.5. The summed E-state index contributed by atoms with van der Waals surface area (Å²) in [7, 11) is 0. The molecule has 2 unspecified atom stereocenters. The Labute approximate surface area is 212 Å². The molecule has 1 aromatic carbocycles. The van der Waals surface area contributed by atoms with Crippen LogP contribution in [0.25, 0.3) is 0 Å². The third-order valence-corrected chi connectivity index (χ3v) is 5.51. The molecule has 184 valence electrons. The molecule has 0 saturated heterocycles. The number of pyridine rings is 1. The lowest BCUT2D eigenvalue weighted by molar-refractivity contribution is -0.149. The number of aryl methyl sites for hydroxylation is 1. The maximum Gasteiger partial charge on any atom is 0.338 e. The number of halogens is 2. The van der Waals surface area contributed by atoms with E-state index < -0.39 is 35.8 Å². The van der Waals surface area contributed by atoms with Crippen molar-refractivity contribution in [3.63, 3.8) is 0 Å². The van der Waals surface area contributed by atoms with E-state index in [-0.39, 0.29) is 13.0 Å². The molecule has 0 fully saturated rings. The zero-order valence-corrected chi connectivity index (χ0v) is 20.3. The summed E-state index contributed by atoms with van der Waals surface area (Å²) in [5.41, 5.74) is -0.259. The molecule has 3 N–H and O–H groups in total. The SMILES string of the molecule is Cc1cccc(NCCOC(=O)C2(CC(=O)NC(CC(=O)O)c3cc(Cl)cc(Cl)c3)C=CC=N2)n1. The molecule has 2 atom stereocenters. The van der Waals surface area contributed by atoms with Gasteiger partial charge in [-0.25, -0.2) is 9.78 Å². The Morgan fingerprint density at radius 3 is 2.54 bits per heavy atom. The molecule has 0 radical (unpaired) electrons. The normalized spacial score (nSPS) is 17.1. The van der Waals surface area contributed by atoms with E-state index in [4.69, 9.17) is 27.9 Å². The van der Waals surface area contributed by atoms with Crippen molar-refractivity contribution in [1.29, 1.82) is 0 Å². The molecule has 0 bridgehead atoms. The first kappa shape index (κ1) is 26.2. The van der Waals surface area contributed by atoms with E-state index in [9.17, 15) is 19.5 Å². The number of carboxylic acid groups (broad SMARTS) is 1. The minimum Gasteiger partial charge on any atom is -0.481 e. The zero-order chi connectivity index (χ0) is 25.4. The molecule has 2 heterocycles. The molecule has 11 heteroatoms. The van der Waals surface area contributed by atoms with Gasteiger partial charge in [-0.15, -0.1) is 0 Å². The number of nitrogens with zero attached hydrogens (tertiary/aromatic N) is 2. The molecule has 2 aromatic rings. The summed E-state index contributed by atoms with van der Waals surface area (Å²) in [4.78, 5) is 45.6. The van der Waals surface area contributed by atoms with Crippen molar-refractivity contribution >= 4 is 53.1 Å². The maximum absolute atomic E-state index is 12.9. The minimum absolute atomic E-state index is 0.0316. The van der Waals surface area contributed by atoms with Gasteiger partial charge in [-0.05, 0) is 55.0 Å². The Morgan fingerprint density at radius 1 is 1.17 bits per heavy atom. The number of benzene rings is 1. The van der Waals surface area contributed by atoms with Crippen LogP contribution in [0.3, 0.4) is 0 Å². The number of anilines is 1. The number of carboxylic acids is 1. The van der Waals surface area contributed by atoms with Gasteiger partial charge >= 0.3 is 11.9 Å². The fourth-order valence-corrected chi connectivity index (χ4v) is 4.04. The Kier molecular flexibility index (Phi) is 8.84. The van der Waals surface area contributed by atoms with E-state index in [0.29, 0.717) is 28.0 Å². The van der Waals surface area contributed by atoms with Crippen LogP contribution < -0.4 is 10.6 Å². The summed E-state index contributed by atoms with van der Waals surface area (Å²) < 4.78 is 5.36. The van der Waals surface area contributed by atoms with Gasteiger partial charge in [0.25, 0.3) is 0 Å². The highest BCUT2D eigenvalue weighted by molar-refractivity contribution is 6.34. The first-order valence-electron chi connectivity index (χ1n) is 10.7. The summed E-state index contributed by atoms with van der Waals surface area (Å²) in [5.74, 6) is -1.76. The molecule has 1 aliphatic rings. The van der Waals surface area contributed by atoms with E-state index in [1.807, 2.05) is 19.1 Å². The number of aliphatic imine (C=N–C) groups is 1. The maximum atomic E-state index is 12.9. The van der Waals surface area contributed by atoms with Crippen LogP contribution in [0.5, 0.6) is 0 Å². The largest absolute Gasteiger partial charge is 0.481 e. The smallest absolute Gasteiger partial charge is 0.338 e. The van der Waals surface area contributed by atoms with Crippen molar-refractivity contribution < 1.29 is 24.2 Å². The van der Waals surface area contributed by atoms with Crippen LogP contribution in [0.15, 0.2) is 53.5 Å². The summed E-state index contributed by atoms with van der Waals surface area (Å²) >= 11 is 12.1. The average molecular weight is 519 g/mol. The standard InChI is InChI=1S/C24H24Cl2N4O5/c1-15-4-2-5-20(29-15)27-8-9-35-23(34)24(6-3-7-28-24)14-21(31)30-19(13-22(32)33)16-10-17(25)12-18(26)11-16/h2-7,10-12,19H,8-9,13-14H2,1H3,(H,27,29)(H,30,31)(H,32,33). The number of esters is 1. The van der Waals surface area contributed by atoms with Gasteiger partial charge in [0.2, 0.25) is 5.91 Å². The van der Waals surface area contributed by atoms with Gasteiger partial charge in [-0.1, -0.05) is 29.3 Å². The molecule has 1 amide bonds. The molecule has 3 rings (SSSR count).